The molecule has 6 heteroatoms. The summed E-state index contributed by atoms with van der Waals surface area (Å²) < 4.78 is 5.53. The van der Waals surface area contributed by atoms with Crippen LogP contribution in [0.2, 0.25) is 0 Å². The van der Waals surface area contributed by atoms with E-state index in [9.17, 15) is 4.79 Å². The van der Waals surface area contributed by atoms with Gasteiger partial charge in [-0.25, -0.2) is 9.97 Å². The number of carboxylic acids is 1. The van der Waals surface area contributed by atoms with E-state index in [2.05, 4.69) is 14.9 Å². The number of nitrogens with zero attached hydrogens (tertiary/aromatic N) is 3. The number of aliphatic carboxylic acids is 1. The van der Waals surface area contributed by atoms with E-state index < -0.39 is 5.97 Å². The van der Waals surface area contributed by atoms with Gasteiger partial charge in [0.05, 0.1) is 23.7 Å². The summed E-state index contributed by atoms with van der Waals surface area (Å²) in [5.41, 5.74) is 1.79. The maximum atomic E-state index is 11.1. The summed E-state index contributed by atoms with van der Waals surface area (Å²) in [6, 6.07) is 5.83. The minimum Gasteiger partial charge on any atom is -0.494 e. The molecule has 1 aliphatic heterocycles. The Hall–Kier alpha value is -2.37. The SMILES string of the molecule is CCOc1ccc2nc(N3CCC(C(=O)O)CC3)nc(C)c2c1. The minimum absolute atomic E-state index is 0.249. The quantitative estimate of drug-likeness (QED) is 0.935. The molecule has 0 radical (unpaired) electrons. The van der Waals surface area contributed by atoms with Crippen molar-refractivity contribution in [3.63, 3.8) is 0 Å². The fraction of sp³-hybridized carbons (Fsp3) is 0.471. The van der Waals surface area contributed by atoms with Crippen LogP contribution in [0.5, 0.6) is 5.75 Å². The molecule has 122 valence electrons. The normalized spacial score (nSPS) is 15.8. The molecular formula is C17H21N3O3. The molecule has 1 saturated heterocycles. The predicted octanol–water partition coefficient (Wildman–Crippen LogP) is 2.64. The van der Waals surface area contributed by atoms with Crippen molar-refractivity contribution >= 4 is 22.8 Å². The molecule has 23 heavy (non-hydrogen) atoms. The highest BCUT2D eigenvalue weighted by Gasteiger charge is 2.26. The van der Waals surface area contributed by atoms with Crippen LogP contribution in [0.4, 0.5) is 5.95 Å². The Morgan fingerprint density at radius 1 is 1.35 bits per heavy atom. The highest BCUT2D eigenvalue weighted by Crippen LogP contribution is 2.26. The van der Waals surface area contributed by atoms with Crippen molar-refractivity contribution in [1.29, 1.82) is 0 Å². The number of benzene rings is 1. The van der Waals surface area contributed by atoms with E-state index in [4.69, 9.17) is 9.84 Å². The molecule has 0 aliphatic carbocycles. The van der Waals surface area contributed by atoms with Gasteiger partial charge in [0, 0.05) is 18.5 Å². The van der Waals surface area contributed by atoms with Crippen LogP contribution in [0.3, 0.4) is 0 Å². The van der Waals surface area contributed by atoms with Crippen molar-refractivity contribution in [2.75, 3.05) is 24.6 Å². The Morgan fingerprint density at radius 2 is 2.09 bits per heavy atom. The molecule has 1 fully saturated rings. The van der Waals surface area contributed by atoms with Gasteiger partial charge in [-0.15, -0.1) is 0 Å². The molecule has 0 amide bonds. The zero-order chi connectivity index (χ0) is 16.4. The van der Waals surface area contributed by atoms with E-state index >= 15 is 0 Å². The van der Waals surface area contributed by atoms with Crippen molar-refractivity contribution < 1.29 is 14.6 Å². The van der Waals surface area contributed by atoms with Gasteiger partial charge in [-0.1, -0.05) is 0 Å². The average Bonchev–Trinajstić information content (AvgIpc) is 2.55. The predicted molar refractivity (Wildman–Crippen MR) is 88.0 cm³/mol. The number of aryl methyl sites for hydroxylation is 1. The Balaban J connectivity index is 1.85. The van der Waals surface area contributed by atoms with Crippen LogP contribution in [0, 0.1) is 12.8 Å². The Bertz CT molecular complexity index is 724. The van der Waals surface area contributed by atoms with Crippen LogP contribution in [-0.2, 0) is 4.79 Å². The van der Waals surface area contributed by atoms with E-state index in [0.717, 1.165) is 22.3 Å². The van der Waals surface area contributed by atoms with Crippen LogP contribution in [0.15, 0.2) is 18.2 Å². The maximum Gasteiger partial charge on any atom is 0.306 e. The summed E-state index contributed by atoms with van der Waals surface area (Å²) in [5.74, 6) is 0.551. The molecule has 0 unspecified atom stereocenters. The first kappa shape index (κ1) is 15.5. The second kappa shape index (κ2) is 6.40. The molecule has 0 saturated carbocycles. The first-order valence-corrected chi connectivity index (χ1v) is 7.97. The van der Waals surface area contributed by atoms with Gasteiger partial charge in [-0.2, -0.15) is 0 Å². The molecule has 1 aliphatic rings. The van der Waals surface area contributed by atoms with E-state index in [1.54, 1.807) is 0 Å². The highest BCUT2D eigenvalue weighted by molar-refractivity contribution is 5.83. The molecule has 0 atom stereocenters. The summed E-state index contributed by atoms with van der Waals surface area (Å²) in [6.45, 7) is 5.91. The number of anilines is 1. The fourth-order valence-electron chi connectivity index (χ4n) is 2.97. The van der Waals surface area contributed by atoms with Crippen molar-refractivity contribution in [2.45, 2.75) is 26.7 Å². The third-order valence-electron chi connectivity index (χ3n) is 4.28. The molecule has 6 nitrogen and oxygen atoms in total. The monoisotopic (exact) mass is 315 g/mol. The third-order valence-corrected chi connectivity index (χ3v) is 4.28. The number of rotatable bonds is 4. The largest absolute Gasteiger partial charge is 0.494 e. The summed E-state index contributed by atoms with van der Waals surface area (Å²) in [6.07, 6.45) is 1.28. The highest BCUT2D eigenvalue weighted by atomic mass is 16.5. The van der Waals surface area contributed by atoms with E-state index in [0.29, 0.717) is 38.5 Å². The number of carbonyl (C=O) groups is 1. The third kappa shape index (κ3) is 3.21. The molecule has 1 aromatic carbocycles. The average molecular weight is 315 g/mol. The number of piperidine rings is 1. The van der Waals surface area contributed by atoms with Gasteiger partial charge in [0.2, 0.25) is 5.95 Å². The lowest BCUT2D eigenvalue weighted by atomic mass is 9.97. The zero-order valence-electron chi connectivity index (χ0n) is 13.5. The number of aromatic nitrogens is 2. The number of carboxylic acid groups (broad SMARTS) is 1. The van der Waals surface area contributed by atoms with Gasteiger partial charge in [-0.3, -0.25) is 4.79 Å². The Kier molecular flexibility index (Phi) is 4.32. The molecule has 0 bridgehead atoms. The van der Waals surface area contributed by atoms with Crippen LogP contribution in [0.25, 0.3) is 10.9 Å². The molecule has 2 heterocycles. The topological polar surface area (TPSA) is 75.5 Å². The fourth-order valence-corrected chi connectivity index (χ4v) is 2.97. The standard InChI is InChI=1S/C17H21N3O3/c1-3-23-13-4-5-15-14(10-13)11(2)18-17(19-15)20-8-6-12(7-9-20)16(21)22/h4-5,10,12H,3,6-9H2,1-2H3,(H,21,22). The second-order valence-electron chi connectivity index (χ2n) is 5.82. The minimum atomic E-state index is -0.705. The molecule has 1 N–H and O–H groups in total. The van der Waals surface area contributed by atoms with Gasteiger partial charge in [0.1, 0.15) is 5.75 Å². The number of ether oxygens (including phenoxy) is 1. The molecule has 3 rings (SSSR count). The molecular weight excluding hydrogens is 294 g/mol. The van der Waals surface area contributed by atoms with E-state index in [1.807, 2.05) is 32.0 Å². The summed E-state index contributed by atoms with van der Waals surface area (Å²) >= 11 is 0. The Morgan fingerprint density at radius 3 is 2.74 bits per heavy atom. The summed E-state index contributed by atoms with van der Waals surface area (Å²) in [7, 11) is 0. The van der Waals surface area contributed by atoms with Crippen molar-refractivity contribution in [1.82, 2.24) is 9.97 Å². The molecule has 2 aromatic rings. The smallest absolute Gasteiger partial charge is 0.306 e. The summed E-state index contributed by atoms with van der Waals surface area (Å²) in [4.78, 5) is 22.4. The van der Waals surface area contributed by atoms with Crippen molar-refractivity contribution in [3.05, 3.63) is 23.9 Å². The van der Waals surface area contributed by atoms with Gasteiger partial charge < -0.3 is 14.7 Å². The van der Waals surface area contributed by atoms with Gasteiger partial charge in [0.15, 0.2) is 0 Å². The van der Waals surface area contributed by atoms with Gasteiger partial charge >= 0.3 is 5.97 Å². The molecule has 0 spiro atoms. The number of hydrogen-bond acceptors (Lipinski definition) is 5. The van der Waals surface area contributed by atoms with Crippen molar-refractivity contribution in [3.8, 4) is 5.75 Å². The number of fused-ring (bicyclic) bond motifs is 1. The lowest BCUT2D eigenvalue weighted by molar-refractivity contribution is -0.142. The second-order valence-corrected chi connectivity index (χ2v) is 5.82. The first-order valence-electron chi connectivity index (χ1n) is 7.97. The zero-order valence-corrected chi connectivity index (χ0v) is 13.5. The van der Waals surface area contributed by atoms with Gasteiger partial charge in [0.25, 0.3) is 0 Å². The van der Waals surface area contributed by atoms with E-state index in [-0.39, 0.29) is 5.92 Å². The van der Waals surface area contributed by atoms with Gasteiger partial charge in [-0.05, 0) is 44.9 Å². The van der Waals surface area contributed by atoms with Crippen LogP contribution in [-0.4, -0.2) is 40.7 Å². The maximum absolute atomic E-state index is 11.1. The lowest BCUT2D eigenvalue weighted by Gasteiger charge is -2.30. The van der Waals surface area contributed by atoms with Crippen LogP contribution < -0.4 is 9.64 Å². The van der Waals surface area contributed by atoms with Crippen LogP contribution in [0.1, 0.15) is 25.5 Å². The Labute approximate surface area is 135 Å². The number of hydrogen-bond donors (Lipinski definition) is 1. The molecule has 1 aromatic heterocycles. The van der Waals surface area contributed by atoms with Crippen LogP contribution >= 0.6 is 0 Å². The summed E-state index contributed by atoms with van der Waals surface area (Å²) in [5, 5.41) is 10.1. The lowest BCUT2D eigenvalue weighted by Crippen LogP contribution is -2.37. The van der Waals surface area contributed by atoms with E-state index in [1.165, 1.54) is 0 Å². The van der Waals surface area contributed by atoms with Crippen molar-refractivity contribution in [2.24, 2.45) is 5.92 Å². The first-order chi connectivity index (χ1) is 11.1.